The van der Waals surface area contributed by atoms with Crippen LogP contribution in [-0.2, 0) is 18.2 Å². The summed E-state index contributed by atoms with van der Waals surface area (Å²) >= 11 is 12.3. The minimum atomic E-state index is -0.474. The maximum absolute atomic E-state index is 12.7. The van der Waals surface area contributed by atoms with Crippen LogP contribution in [0.3, 0.4) is 0 Å². The number of amides is 1. The molecule has 0 saturated heterocycles. The lowest BCUT2D eigenvalue weighted by Crippen LogP contribution is -2.55. The summed E-state index contributed by atoms with van der Waals surface area (Å²) in [5.74, 6) is -0.682. The number of nitrogens with zero attached hydrogens (tertiary/aromatic N) is 1. The van der Waals surface area contributed by atoms with Crippen molar-refractivity contribution < 1.29 is 14.3 Å². The molecule has 1 aliphatic carbocycles. The first-order valence-corrected chi connectivity index (χ1v) is 9.10. The Bertz CT molecular complexity index is 856. The zero-order chi connectivity index (χ0) is 18.9. The van der Waals surface area contributed by atoms with E-state index in [9.17, 15) is 9.59 Å². The topological polar surface area (TPSA) is 60.3 Å². The van der Waals surface area contributed by atoms with E-state index < -0.39 is 5.97 Å². The zero-order valence-corrected chi connectivity index (χ0v) is 16.2. The third-order valence-electron chi connectivity index (χ3n) is 4.89. The van der Waals surface area contributed by atoms with Gasteiger partial charge in [0.15, 0.2) is 0 Å². The van der Waals surface area contributed by atoms with Crippen molar-refractivity contribution >= 4 is 35.1 Å². The molecule has 1 saturated carbocycles. The second-order valence-electron chi connectivity index (χ2n) is 6.72. The van der Waals surface area contributed by atoms with Gasteiger partial charge in [-0.2, -0.15) is 0 Å². The molecule has 1 aromatic heterocycles. The summed E-state index contributed by atoms with van der Waals surface area (Å²) in [5.41, 5.74) is 1.40. The second kappa shape index (κ2) is 7.33. The van der Waals surface area contributed by atoms with Crippen LogP contribution in [0.2, 0.25) is 10.0 Å². The Morgan fingerprint density at radius 1 is 1.27 bits per heavy atom. The molecular weight excluding hydrogens is 375 g/mol. The minimum absolute atomic E-state index is 0.208. The average Bonchev–Trinajstić information content (AvgIpc) is 2.96. The van der Waals surface area contributed by atoms with Crippen LogP contribution in [0.15, 0.2) is 30.5 Å². The molecule has 7 heteroatoms. The molecule has 0 atom stereocenters. The normalized spacial score (nSPS) is 15.2. The number of benzene rings is 1. The van der Waals surface area contributed by atoms with Gasteiger partial charge < -0.3 is 14.6 Å². The molecule has 1 N–H and O–H groups in total. The van der Waals surface area contributed by atoms with Crippen molar-refractivity contribution in [2.45, 2.75) is 31.2 Å². The fourth-order valence-corrected chi connectivity index (χ4v) is 3.76. The van der Waals surface area contributed by atoms with E-state index in [2.05, 4.69) is 5.32 Å². The zero-order valence-electron chi connectivity index (χ0n) is 14.6. The Labute approximate surface area is 162 Å². The highest BCUT2D eigenvalue weighted by molar-refractivity contribution is 6.35. The number of aromatic nitrogens is 1. The van der Waals surface area contributed by atoms with Gasteiger partial charge in [0.25, 0.3) is 5.91 Å². The van der Waals surface area contributed by atoms with E-state index in [-0.39, 0.29) is 11.4 Å². The SMILES string of the molecule is COC(=O)c1cc(C(=O)NC2(Cc3ccc(Cl)cc3Cl)CCC2)cn1C. The molecule has 2 aromatic rings. The fourth-order valence-electron chi connectivity index (χ4n) is 3.29. The molecule has 0 aliphatic heterocycles. The van der Waals surface area contributed by atoms with E-state index in [0.717, 1.165) is 24.8 Å². The lowest BCUT2D eigenvalue weighted by molar-refractivity contribution is 0.0590. The molecule has 1 amide bonds. The molecule has 26 heavy (non-hydrogen) atoms. The maximum atomic E-state index is 12.7. The molecule has 138 valence electrons. The minimum Gasteiger partial charge on any atom is -0.464 e. The molecule has 0 spiro atoms. The molecule has 0 radical (unpaired) electrons. The number of hydrogen-bond donors (Lipinski definition) is 1. The summed E-state index contributed by atoms with van der Waals surface area (Å²) in [6.07, 6.45) is 5.09. The number of ether oxygens (including phenoxy) is 1. The highest BCUT2D eigenvalue weighted by Gasteiger charge is 2.39. The summed E-state index contributed by atoms with van der Waals surface area (Å²) < 4.78 is 6.32. The third kappa shape index (κ3) is 3.74. The van der Waals surface area contributed by atoms with Crippen LogP contribution in [0.4, 0.5) is 0 Å². The predicted molar refractivity (Wildman–Crippen MR) is 101 cm³/mol. The first kappa shape index (κ1) is 18.8. The van der Waals surface area contributed by atoms with Crippen LogP contribution in [0, 0.1) is 0 Å². The number of rotatable bonds is 5. The third-order valence-corrected chi connectivity index (χ3v) is 5.48. The smallest absolute Gasteiger partial charge is 0.354 e. The van der Waals surface area contributed by atoms with E-state index in [1.165, 1.54) is 7.11 Å². The van der Waals surface area contributed by atoms with Gasteiger partial charge >= 0.3 is 5.97 Å². The number of methoxy groups -OCH3 is 1. The Morgan fingerprint density at radius 3 is 2.58 bits per heavy atom. The standard InChI is InChI=1S/C19H20Cl2N2O3/c1-23-11-13(8-16(23)18(25)26-2)17(24)22-19(6-3-7-19)10-12-4-5-14(20)9-15(12)21/h4-5,8-9,11H,3,6-7,10H2,1-2H3,(H,22,24). The van der Waals surface area contributed by atoms with Crippen LogP contribution in [0.1, 0.15) is 45.7 Å². The van der Waals surface area contributed by atoms with Crippen molar-refractivity contribution in [3.63, 3.8) is 0 Å². The molecule has 3 rings (SSSR count). The van der Waals surface area contributed by atoms with E-state index in [1.807, 2.05) is 6.07 Å². The van der Waals surface area contributed by atoms with Gasteiger partial charge in [0.1, 0.15) is 5.69 Å². The van der Waals surface area contributed by atoms with Gasteiger partial charge in [0.05, 0.1) is 12.7 Å². The molecule has 5 nitrogen and oxygen atoms in total. The Hall–Kier alpha value is -1.98. The number of carbonyl (C=O) groups excluding carboxylic acids is 2. The largest absolute Gasteiger partial charge is 0.464 e. The lowest BCUT2D eigenvalue weighted by Gasteiger charge is -2.43. The van der Waals surface area contributed by atoms with Crippen molar-refractivity contribution in [3.8, 4) is 0 Å². The summed E-state index contributed by atoms with van der Waals surface area (Å²) in [5, 5.41) is 4.33. The van der Waals surface area contributed by atoms with Crippen molar-refractivity contribution in [1.82, 2.24) is 9.88 Å². The molecule has 1 aromatic carbocycles. The van der Waals surface area contributed by atoms with Gasteiger partial charge in [-0.1, -0.05) is 29.3 Å². The van der Waals surface area contributed by atoms with Gasteiger partial charge in [-0.25, -0.2) is 4.79 Å². The number of aryl methyl sites for hydroxylation is 1. The highest BCUT2D eigenvalue weighted by atomic mass is 35.5. The van der Waals surface area contributed by atoms with E-state index >= 15 is 0 Å². The molecule has 0 bridgehead atoms. The van der Waals surface area contributed by atoms with E-state index in [4.69, 9.17) is 27.9 Å². The molecule has 1 aliphatic rings. The van der Waals surface area contributed by atoms with Crippen LogP contribution in [0.25, 0.3) is 0 Å². The molecule has 0 unspecified atom stereocenters. The molecule has 1 fully saturated rings. The average molecular weight is 395 g/mol. The quantitative estimate of drug-likeness (QED) is 0.779. The van der Waals surface area contributed by atoms with Gasteiger partial charge in [0, 0.05) is 28.8 Å². The van der Waals surface area contributed by atoms with Crippen LogP contribution in [-0.4, -0.2) is 29.1 Å². The molecule has 1 heterocycles. The number of hydrogen-bond acceptors (Lipinski definition) is 3. The van der Waals surface area contributed by atoms with Crippen LogP contribution < -0.4 is 5.32 Å². The Morgan fingerprint density at radius 2 is 2.00 bits per heavy atom. The maximum Gasteiger partial charge on any atom is 0.354 e. The Kier molecular flexibility index (Phi) is 5.30. The fraction of sp³-hybridized carbons (Fsp3) is 0.368. The van der Waals surface area contributed by atoms with E-state index in [1.54, 1.807) is 36.0 Å². The number of halogens is 2. The van der Waals surface area contributed by atoms with Crippen molar-refractivity contribution in [1.29, 1.82) is 0 Å². The lowest BCUT2D eigenvalue weighted by atomic mass is 9.72. The summed E-state index contributed by atoms with van der Waals surface area (Å²) in [4.78, 5) is 24.5. The number of nitrogens with one attached hydrogen (secondary N) is 1. The van der Waals surface area contributed by atoms with Gasteiger partial charge in [-0.05, 0) is 49.4 Å². The first-order valence-electron chi connectivity index (χ1n) is 8.35. The summed E-state index contributed by atoms with van der Waals surface area (Å²) in [6.45, 7) is 0. The first-order chi connectivity index (χ1) is 12.3. The predicted octanol–water partition coefficient (Wildman–Crippen LogP) is 4.01. The summed E-state index contributed by atoms with van der Waals surface area (Å²) in [6, 6.07) is 6.96. The number of esters is 1. The van der Waals surface area contributed by atoms with Crippen molar-refractivity contribution in [3.05, 3.63) is 57.3 Å². The number of carbonyl (C=O) groups is 2. The molecular formula is C19H20Cl2N2O3. The highest BCUT2D eigenvalue weighted by Crippen LogP contribution is 2.37. The van der Waals surface area contributed by atoms with Gasteiger partial charge in [-0.15, -0.1) is 0 Å². The van der Waals surface area contributed by atoms with Crippen molar-refractivity contribution in [2.75, 3.05) is 7.11 Å². The van der Waals surface area contributed by atoms with Gasteiger partial charge in [0.2, 0.25) is 0 Å². The van der Waals surface area contributed by atoms with Gasteiger partial charge in [-0.3, -0.25) is 4.79 Å². The second-order valence-corrected chi connectivity index (χ2v) is 7.56. The van der Waals surface area contributed by atoms with Crippen molar-refractivity contribution in [2.24, 2.45) is 7.05 Å². The van der Waals surface area contributed by atoms with Crippen LogP contribution >= 0.6 is 23.2 Å². The summed E-state index contributed by atoms with van der Waals surface area (Å²) in [7, 11) is 3.02. The monoisotopic (exact) mass is 394 g/mol. The van der Waals surface area contributed by atoms with Crippen LogP contribution in [0.5, 0.6) is 0 Å². The van der Waals surface area contributed by atoms with E-state index in [0.29, 0.717) is 27.7 Å². The Balaban J connectivity index is 1.77.